The maximum absolute atomic E-state index is 11.6. The molecule has 1 fully saturated rings. The smallest absolute Gasteiger partial charge is 0.318 e. The quantitative estimate of drug-likeness (QED) is 0.837. The second kappa shape index (κ2) is 4.66. The minimum atomic E-state index is 0.0850. The Morgan fingerprint density at radius 3 is 3.07 bits per heavy atom. The molecule has 1 unspecified atom stereocenters. The van der Waals surface area contributed by atoms with Gasteiger partial charge in [-0.15, -0.1) is 11.3 Å². The van der Waals surface area contributed by atoms with Gasteiger partial charge in [0.1, 0.15) is 0 Å². The van der Waals surface area contributed by atoms with E-state index in [1.54, 1.807) is 11.3 Å². The van der Waals surface area contributed by atoms with Gasteiger partial charge in [-0.2, -0.15) is 0 Å². The Bertz CT molecular complexity index is 323. The van der Waals surface area contributed by atoms with E-state index < -0.39 is 0 Å². The van der Waals surface area contributed by atoms with E-state index >= 15 is 0 Å². The van der Waals surface area contributed by atoms with Crippen molar-refractivity contribution >= 4 is 17.4 Å². The third-order valence-electron chi connectivity index (χ3n) is 2.70. The zero-order valence-corrected chi connectivity index (χ0v) is 9.72. The molecule has 2 heterocycles. The van der Waals surface area contributed by atoms with Gasteiger partial charge in [0.05, 0.1) is 6.04 Å². The molecule has 0 aromatic carbocycles. The number of thiophene rings is 1. The summed E-state index contributed by atoms with van der Waals surface area (Å²) in [5.41, 5.74) is 0. The van der Waals surface area contributed by atoms with E-state index in [-0.39, 0.29) is 12.1 Å². The summed E-state index contributed by atoms with van der Waals surface area (Å²) in [6.07, 6.45) is 2.15. The Hall–Kier alpha value is -1.03. The minimum Gasteiger partial charge on any atom is -0.336 e. The molecule has 1 aromatic rings. The first kappa shape index (κ1) is 10.5. The first-order chi connectivity index (χ1) is 7.33. The van der Waals surface area contributed by atoms with E-state index in [0.29, 0.717) is 0 Å². The molecule has 1 atom stereocenters. The van der Waals surface area contributed by atoms with Gasteiger partial charge in [0.2, 0.25) is 0 Å². The van der Waals surface area contributed by atoms with E-state index in [0.717, 1.165) is 25.9 Å². The maximum Gasteiger partial charge on any atom is 0.318 e. The lowest BCUT2D eigenvalue weighted by atomic mass is 10.1. The van der Waals surface area contributed by atoms with Crippen LogP contribution in [-0.2, 0) is 0 Å². The van der Waals surface area contributed by atoms with Crippen LogP contribution in [0.25, 0.3) is 0 Å². The fraction of sp³-hybridized carbons (Fsp3) is 0.545. The van der Waals surface area contributed by atoms with E-state index in [2.05, 4.69) is 29.8 Å². The number of carbonyl (C=O) groups excluding carboxylic acids is 1. The molecular weight excluding hydrogens is 208 g/mol. The Kier molecular flexibility index (Phi) is 3.26. The van der Waals surface area contributed by atoms with Gasteiger partial charge in [0.15, 0.2) is 0 Å². The molecule has 2 amide bonds. The molecule has 1 N–H and O–H groups in total. The van der Waals surface area contributed by atoms with Crippen molar-refractivity contribution in [2.24, 2.45) is 0 Å². The number of hydrogen-bond donors (Lipinski definition) is 1. The van der Waals surface area contributed by atoms with Crippen molar-refractivity contribution < 1.29 is 4.79 Å². The molecule has 0 bridgehead atoms. The largest absolute Gasteiger partial charge is 0.336 e. The Morgan fingerprint density at radius 1 is 1.67 bits per heavy atom. The Morgan fingerprint density at radius 2 is 2.53 bits per heavy atom. The van der Waals surface area contributed by atoms with Gasteiger partial charge in [0, 0.05) is 18.0 Å². The van der Waals surface area contributed by atoms with Gasteiger partial charge in [-0.05, 0) is 17.9 Å². The van der Waals surface area contributed by atoms with Gasteiger partial charge in [-0.1, -0.05) is 19.4 Å². The van der Waals surface area contributed by atoms with Crippen molar-refractivity contribution in [3.8, 4) is 0 Å². The third-order valence-corrected chi connectivity index (χ3v) is 3.67. The van der Waals surface area contributed by atoms with E-state index in [9.17, 15) is 4.79 Å². The lowest BCUT2D eigenvalue weighted by Gasteiger charge is -2.25. The van der Waals surface area contributed by atoms with Crippen LogP contribution in [0.3, 0.4) is 0 Å². The second-order valence-corrected chi connectivity index (χ2v) is 4.72. The zero-order valence-electron chi connectivity index (χ0n) is 8.90. The molecule has 1 aliphatic rings. The first-order valence-electron chi connectivity index (χ1n) is 5.40. The summed E-state index contributed by atoms with van der Waals surface area (Å²) in [5, 5.41) is 4.94. The van der Waals surface area contributed by atoms with Crippen LogP contribution in [0.2, 0.25) is 0 Å². The molecule has 2 rings (SSSR count). The lowest BCUT2D eigenvalue weighted by Crippen LogP contribution is -2.31. The lowest BCUT2D eigenvalue weighted by molar-refractivity contribution is 0.195. The topological polar surface area (TPSA) is 32.3 Å². The van der Waals surface area contributed by atoms with Crippen molar-refractivity contribution in [1.29, 1.82) is 0 Å². The van der Waals surface area contributed by atoms with Crippen LogP contribution in [0.4, 0.5) is 4.79 Å². The third kappa shape index (κ3) is 2.15. The summed E-state index contributed by atoms with van der Waals surface area (Å²) in [7, 11) is 0. The first-order valence-corrected chi connectivity index (χ1v) is 6.28. The molecular formula is C11H16N2OS. The molecule has 3 nitrogen and oxygen atoms in total. The molecule has 82 valence electrons. The van der Waals surface area contributed by atoms with Crippen LogP contribution in [0, 0.1) is 0 Å². The number of hydrogen-bond acceptors (Lipinski definition) is 2. The summed E-state index contributed by atoms with van der Waals surface area (Å²) in [5.74, 6) is 0. The van der Waals surface area contributed by atoms with E-state index in [4.69, 9.17) is 0 Å². The molecule has 15 heavy (non-hydrogen) atoms. The van der Waals surface area contributed by atoms with Crippen molar-refractivity contribution in [3.05, 3.63) is 22.4 Å². The molecule has 1 saturated heterocycles. The highest BCUT2D eigenvalue weighted by Crippen LogP contribution is 2.30. The molecule has 1 aliphatic heterocycles. The number of nitrogens with zero attached hydrogens (tertiary/aromatic N) is 1. The second-order valence-electron chi connectivity index (χ2n) is 3.75. The Labute approximate surface area is 94.1 Å². The van der Waals surface area contributed by atoms with E-state index in [1.807, 2.05) is 4.90 Å². The molecule has 0 aliphatic carbocycles. The van der Waals surface area contributed by atoms with Crippen molar-refractivity contribution in [2.45, 2.75) is 25.8 Å². The van der Waals surface area contributed by atoms with Crippen LogP contribution in [0.5, 0.6) is 0 Å². The van der Waals surface area contributed by atoms with Gasteiger partial charge in [-0.25, -0.2) is 4.79 Å². The standard InChI is InChI=1S/C11H16N2OS/c1-2-4-9(10-5-3-8-15-10)13-7-6-12-11(13)14/h3,5,8-9H,2,4,6-7H2,1H3,(H,12,14). The summed E-state index contributed by atoms with van der Waals surface area (Å²) in [6, 6.07) is 4.53. The van der Waals surface area contributed by atoms with Gasteiger partial charge in [-0.3, -0.25) is 0 Å². The van der Waals surface area contributed by atoms with Crippen LogP contribution in [0.1, 0.15) is 30.7 Å². The number of rotatable bonds is 4. The number of urea groups is 1. The number of nitrogens with one attached hydrogen (secondary N) is 1. The maximum atomic E-state index is 11.6. The van der Waals surface area contributed by atoms with Crippen molar-refractivity contribution in [3.63, 3.8) is 0 Å². The Balaban J connectivity index is 2.15. The summed E-state index contributed by atoms with van der Waals surface area (Å²) in [4.78, 5) is 14.9. The predicted molar refractivity (Wildman–Crippen MR) is 62.1 cm³/mol. The van der Waals surface area contributed by atoms with Crippen molar-refractivity contribution in [1.82, 2.24) is 10.2 Å². The predicted octanol–water partition coefficient (Wildman–Crippen LogP) is 2.61. The monoisotopic (exact) mass is 224 g/mol. The van der Waals surface area contributed by atoms with Crippen molar-refractivity contribution in [2.75, 3.05) is 13.1 Å². The van der Waals surface area contributed by atoms with Crippen LogP contribution < -0.4 is 5.32 Å². The SMILES string of the molecule is CCCC(c1cccs1)N1CCNC1=O. The van der Waals surface area contributed by atoms with Gasteiger partial charge >= 0.3 is 6.03 Å². The fourth-order valence-corrected chi connectivity index (χ4v) is 2.86. The highest BCUT2D eigenvalue weighted by molar-refractivity contribution is 7.10. The zero-order chi connectivity index (χ0) is 10.7. The van der Waals surface area contributed by atoms with Crippen LogP contribution in [-0.4, -0.2) is 24.0 Å². The van der Waals surface area contributed by atoms with Crippen LogP contribution >= 0.6 is 11.3 Å². The summed E-state index contributed by atoms with van der Waals surface area (Å²) < 4.78 is 0. The molecule has 0 radical (unpaired) electrons. The average Bonchev–Trinajstić information content (AvgIpc) is 2.85. The molecule has 4 heteroatoms. The highest BCUT2D eigenvalue weighted by atomic mass is 32.1. The number of carbonyl (C=O) groups is 1. The summed E-state index contributed by atoms with van der Waals surface area (Å²) in [6.45, 7) is 3.78. The molecule has 1 aromatic heterocycles. The normalized spacial score (nSPS) is 17.9. The molecule has 0 spiro atoms. The van der Waals surface area contributed by atoms with Gasteiger partial charge in [0.25, 0.3) is 0 Å². The highest BCUT2D eigenvalue weighted by Gasteiger charge is 2.28. The number of amides is 2. The summed E-state index contributed by atoms with van der Waals surface area (Å²) >= 11 is 1.74. The molecule has 0 saturated carbocycles. The van der Waals surface area contributed by atoms with Gasteiger partial charge < -0.3 is 10.2 Å². The average molecular weight is 224 g/mol. The fourth-order valence-electron chi connectivity index (χ4n) is 1.99. The van der Waals surface area contributed by atoms with E-state index in [1.165, 1.54) is 4.88 Å². The van der Waals surface area contributed by atoms with Crippen LogP contribution in [0.15, 0.2) is 17.5 Å². The minimum absolute atomic E-state index is 0.0850.